The lowest BCUT2D eigenvalue weighted by molar-refractivity contribution is 0.288. The van der Waals surface area contributed by atoms with Crippen molar-refractivity contribution < 1.29 is 9.47 Å². The third-order valence-corrected chi connectivity index (χ3v) is 3.67. The van der Waals surface area contributed by atoms with Crippen molar-refractivity contribution in [3.63, 3.8) is 0 Å². The summed E-state index contributed by atoms with van der Waals surface area (Å²) in [5.41, 5.74) is 2.56. The molecule has 0 saturated heterocycles. The van der Waals surface area contributed by atoms with Crippen molar-refractivity contribution in [1.82, 2.24) is 4.90 Å². The number of methoxy groups -OCH3 is 2. The zero-order chi connectivity index (χ0) is 13.3. The Hall–Kier alpha value is -1.42. The van der Waals surface area contributed by atoms with Gasteiger partial charge in [0.05, 0.1) is 14.2 Å². The fraction of sp³-hybridized carbons (Fsp3) is 0.571. The van der Waals surface area contributed by atoms with E-state index in [4.69, 9.17) is 9.47 Å². The zero-order valence-electron chi connectivity index (χ0n) is 11.9. The molecule has 18 heavy (non-hydrogen) atoms. The summed E-state index contributed by atoms with van der Waals surface area (Å²) in [6, 6.07) is 4.71. The Morgan fingerprint density at radius 1 is 1.17 bits per heavy atom. The summed E-state index contributed by atoms with van der Waals surface area (Å²) in [5, 5.41) is 0. The van der Waals surface area contributed by atoms with Crippen molar-refractivity contribution in [3.05, 3.63) is 17.7 Å². The second-order valence-electron chi connectivity index (χ2n) is 5.04. The standard InChI is InChI=1S/C14H22N2O2/c1-15(2)11-6-10-7-13(17-4)14(18-5)8-12(10)16(3)9-11/h7-8,11H,6,9H2,1-5H3. The smallest absolute Gasteiger partial charge is 0.162 e. The summed E-state index contributed by atoms with van der Waals surface area (Å²) in [6.07, 6.45) is 1.05. The molecule has 4 nitrogen and oxygen atoms in total. The fourth-order valence-corrected chi connectivity index (χ4v) is 2.51. The van der Waals surface area contributed by atoms with Gasteiger partial charge in [0.15, 0.2) is 11.5 Å². The molecule has 0 aromatic heterocycles. The van der Waals surface area contributed by atoms with Crippen LogP contribution in [0.5, 0.6) is 11.5 Å². The first kappa shape index (κ1) is 13.0. The van der Waals surface area contributed by atoms with Gasteiger partial charge in [0.25, 0.3) is 0 Å². The van der Waals surface area contributed by atoms with Crippen molar-refractivity contribution in [3.8, 4) is 11.5 Å². The highest BCUT2D eigenvalue weighted by molar-refractivity contribution is 5.63. The van der Waals surface area contributed by atoms with Crippen LogP contribution in [0.2, 0.25) is 0 Å². The maximum atomic E-state index is 5.38. The fourth-order valence-electron chi connectivity index (χ4n) is 2.51. The summed E-state index contributed by atoms with van der Waals surface area (Å²) in [5.74, 6) is 1.61. The minimum atomic E-state index is 0.542. The van der Waals surface area contributed by atoms with Gasteiger partial charge in [-0.05, 0) is 32.1 Å². The summed E-state index contributed by atoms with van der Waals surface area (Å²) in [7, 11) is 9.74. The Labute approximate surface area is 109 Å². The number of nitrogens with zero attached hydrogens (tertiary/aromatic N) is 2. The van der Waals surface area contributed by atoms with Crippen LogP contribution in [-0.4, -0.2) is 52.8 Å². The number of likely N-dealkylation sites (N-methyl/N-ethyl adjacent to an activating group) is 2. The largest absolute Gasteiger partial charge is 0.493 e. The summed E-state index contributed by atoms with van der Waals surface area (Å²) < 4.78 is 10.7. The Morgan fingerprint density at radius 3 is 2.33 bits per heavy atom. The molecule has 0 N–H and O–H groups in total. The number of hydrogen-bond acceptors (Lipinski definition) is 4. The lowest BCUT2D eigenvalue weighted by atomic mass is 9.97. The molecule has 0 aliphatic carbocycles. The second-order valence-corrected chi connectivity index (χ2v) is 5.04. The van der Waals surface area contributed by atoms with E-state index in [-0.39, 0.29) is 0 Å². The average Bonchev–Trinajstić information content (AvgIpc) is 2.36. The maximum Gasteiger partial charge on any atom is 0.162 e. The minimum Gasteiger partial charge on any atom is -0.493 e. The van der Waals surface area contributed by atoms with Crippen LogP contribution in [0.25, 0.3) is 0 Å². The van der Waals surface area contributed by atoms with Gasteiger partial charge in [-0.25, -0.2) is 0 Å². The number of benzene rings is 1. The van der Waals surface area contributed by atoms with E-state index >= 15 is 0 Å². The number of ether oxygens (including phenoxy) is 2. The molecule has 1 unspecified atom stereocenters. The first-order valence-corrected chi connectivity index (χ1v) is 6.19. The molecule has 1 aromatic rings. The van der Waals surface area contributed by atoms with Gasteiger partial charge in [-0.1, -0.05) is 0 Å². The van der Waals surface area contributed by atoms with E-state index in [1.807, 2.05) is 0 Å². The van der Waals surface area contributed by atoms with Gasteiger partial charge < -0.3 is 19.3 Å². The molecule has 0 bridgehead atoms. The van der Waals surface area contributed by atoms with E-state index in [9.17, 15) is 0 Å². The molecule has 100 valence electrons. The quantitative estimate of drug-likeness (QED) is 0.814. The molecule has 1 aromatic carbocycles. The molecule has 0 fully saturated rings. The Morgan fingerprint density at radius 2 is 1.78 bits per heavy atom. The summed E-state index contributed by atoms with van der Waals surface area (Å²) in [6.45, 7) is 1.04. The highest BCUT2D eigenvalue weighted by Gasteiger charge is 2.25. The number of rotatable bonds is 3. The van der Waals surface area contributed by atoms with Gasteiger partial charge in [-0.3, -0.25) is 0 Å². The van der Waals surface area contributed by atoms with Crippen LogP contribution >= 0.6 is 0 Å². The zero-order valence-corrected chi connectivity index (χ0v) is 11.9. The molecule has 1 atom stereocenters. The SMILES string of the molecule is COc1cc2c(cc1OC)N(C)CC(N(C)C)C2. The molecule has 0 radical (unpaired) electrons. The molecule has 0 amide bonds. The van der Waals surface area contributed by atoms with Gasteiger partial charge >= 0.3 is 0 Å². The first-order valence-electron chi connectivity index (χ1n) is 6.19. The van der Waals surface area contributed by atoms with Gasteiger partial charge in [-0.2, -0.15) is 0 Å². The molecule has 1 aliphatic rings. The highest BCUT2D eigenvalue weighted by Crippen LogP contribution is 2.37. The van der Waals surface area contributed by atoms with Crippen molar-refractivity contribution >= 4 is 5.69 Å². The van der Waals surface area contributed by atoms with Crippen LogP contribution in [0.15, 0.2) is 12.1 Å². The second kappa shape index (κ2) is 5.06. The minimum absolute atomic E-state index is 0.542. The van der Waals surface area contributed by atoms with Crippen LogP contribution in [0.4, 0.5) is 5.69 Å². The van der Waals surface area contributed by atoms with Gasteiger partial charge in [0.2, 0.25) is 0 Å². The third-order valence-electron chi connectivity index (χ3n) is 3.67. The number of anilines is 1. The topological polar surface area (TPSA) is 24.9 Å². The van der Waals surface area contributed by atoms with Crippen LogP contribution < -0.4 is 14.4 Å². The molecule has 4 heteroatoms. The van der Waals surface area contributed by atoms with Crippen LogP contribution in [0.3, 0.4) is 0 Å². The molecular formula is C14H22N2O2. The van der Waals surface area contributed by atoms with E-state index in [0.29, 0.717) is 6.04 Å². The number of fused-ring (bicyclic) bond motifs is 1. The Kier molecular flexibility index (Phi) is 3.66. The molecule has 1 aliphatic heterocycles. The Bertz CT molecular complexity index is 432. The lowest BCUT2D eigenvalue weighted by Crippen LogP contribution is -2.44. The third kappa shape index (κ3) is 2.25. The average molecular weight is 250 g/mol. The lowest BCUT2D eigenvalue weighted by Gasteiger charge is -2.37. The van der Waals surface area contributed by atoms with Gasteiger partial charge in [0, 0.05) is 31.4 Å². The molecule has 1 heterocycles. The predicted octanol–water partition coefficient (Wildman–Crippen LogP) is 1.63. The van der Waals surface area contributed by atoms with Crippen molar-refractivity contribution in [2.24, 2.45) is 0 Å². The monoisotopic (exact) mass is 250 g/mol. The van der Waals surface area contributed by atoms with Crippen LogP contribution in [-0.2, 0) is 6.42 Å². The normalized spacial score (nSPS) is 18.8. The first-order chi connectivity index (χ1) is 8.56. The molecule has 0 spiro atoms. The summed E-state index contributed by atoms with van der Waals surface area (Å²) in [4.78, 5) is 4.56. The van der Waals surface area contributed by atoms with Crippen molar-refractivity contribution in [2.45, 2.75) is 12.5 Å². The van der Waals surface area contributed by atoms with Gasteiger partial charge in [0.1, 0.15) is 0 Å². The van der Waals surface area contributed by atoms with E-state index < -0.39 is 0 Å². The molecule has 2 rings (SSSR count). The van der Waals surface area contributed by atoms with E-state index in [1.165, 1.54) is 11.3 Å². The van der Waals surface area contributed by atoms with E-state index in [0.717, 1.165) is 24.5 Å². The van der Waals surface area contributed by atoms with Gasteiger partial charge in [-0.15, -0.1) is 0 Å². The maximum absolute atomic E-state index is 5.38. The Balaban J connectivity index is 2.40. The van der Waals surface area contributed by atoms with Crippen LogP contribution in [0, 0.1) is 0 Å². The van der Waals surface area contributed by atoms with Crippen molar-refractivity contribution in [1.29, 1.82) is 0 Å². The molecule has 0 saturated carbocycles. The number of hydrogen-bond donors (Lipinski definition) is 0. The predicted molar refractivity (Wildman–Crippen MR) is 74.0 cm³/mol. The van der Waals surface area contributed by atoms with E-state index in [1.54, 1.807) is 14.2 Å². The van der Waals surface area contributed by atoms with Crippen molar-refractivity contribution in [2.75, 3.05) is 46.8 Å². The van der Waals surface area contributed by atoms with E-state index in [2.05, 4.69) is 43.1 Å². The summed E-state index contributed by atoms with van der Waals surface area (Å²) >= 11 is 0. The molecular weight excluding hydrogens is 228 g/mol. The van der Waals surface area contributed by atoms with Crippen LogP contribution in [0.1, 0.15) is 5.56 Å². The highest BCUT2D eigenvalue weighted by atomic mass is 16.5.